The molecule has 1 aliphatic heterocycles. The van der Waals surface area contributed by atoms with Gasteiger partial charge < -0.3 is 5.32 Å². The fraction of sp³-hybridized carbons (Fsp3) is 0.167. The summed E-state index contributed by atoms with van der Waals surface area (Å²) in [5.41, 5.74) is 5.93. The van der Waals surface area contributed by atoms with Crippen molar-refractivity contribution in [1.82, 2.24) is 9.78 Å². The van der Waals surface area contributed by atoms with Crippen molar-refractivity contribution in [2.75, 3.05) is 11.9 Å². The Morgan fingerprint density at radius 1 is 1.05 bits per heavy atom. The molecule has 0 atom stereocenters. The highest BCUT2D eigenvalue weighted by atomic mass is 79.9. The highest BCUT2D eigenvalue weighted by molar-refractivity contribution is 9.10. The number of anilines is 1. The topological polar surface area (TPSA) is 29.9 Å². The zero-order valence-corrected chi connectivity index (χ0v) is 13.9. The first-order valence-corrected chi connectivity index (χ1v) is 8.20. The number of nitrogens with one attached hydrogen (secondary N) is 1. The van der Waals surface area contributed by atoms with Crippen LogP contribution in [0.3, 0.4) is 0 Å². The van der Waals surface area contributed by atoms with Crippen LogP contribution in [-0.4, -0.2) is 16.3 Å². The summed E-state index contributed by atoms with van der Waals surface area (Å²) in [6, 6.07) is 16.8. The minimum atomic E-state index is 0.975. The van der Waals surface area contributed by atoms with E-state index in [0.29, 0.717) is 0 Å². The van der Waals surface area contributed by atoms with Crippen LogP contribution in [0, 0.1) is 6.92 Å². The maximum Gasteiger partial charge on any atom is 0.133 e. The lowest BCUT2D eigenvalue weighted by molar-refractivity contribution is 0.882. The third-order valence-corrected chi connectivity index (χ3v) is 4.58. The summed E-state index contributed by atoms with van der Waals surface area (Å²) in [4.78, 5) is 0. The van der Waals surface area contributed by atoms with E-state index in [1.165, 1.54) is 16.7 Å². The normalized spacial score (nSPS) is 13.0. The first-order chi connectivity index (χ1) is 10.7. The van der Waals surface area contributed by atoms with Crippen LogP contribution < -0.4 is 5.32 Å². The monoisotopic (exact) mass is 353 g/mol. The molecular formula is C18H16BrN3. The fourth-order valence-corrected chi connectivity index (χ4v) is 3.15. The van der Waals surface area contributed by atoms with Gasteiger partial charge in [0.1, 0.15) is 5.82 Å². The third-order valence-electron chi connectivity index (χ3n) is 4.05. The predicted molar refractivity (Wildman–Crippen MR) is 93.6 cm³/mol. The van der Waals surface area contributed by atoms with Crippen LogP contribution >= 0.6 is 15.9 Å². The van der Waals surface area contributed by atoms with Gasteiger partial charge in [-0.05, 0) is 37.6 Å². The summed E-state index contributed by atoms with van der Waals surface area (Å²) in [7, 11) is 0. The van der Waals surface area contributed by atoms with Crippen LogP contribution in [0.5, 0.6) is 0 Å². The lowest BCUT2D eigenvalue weighted by atomic mass is 10.1. The van der Waals surface area contributed by atoms with Crippen molar-refractivity contribution >= 4 is 21.7 Å². The van der Waals surface area contributed by atoms with Gasteiger partial charge >= 0.3 is 0 Å². The van der Waals surface area contributed by atoms with Gasteiger partial charge in [0.05, 0.1) is 11.4 Å². The molecule has 0 radical (unpaired) electrons. The molecule has 1 aromatic heterocycles. The second kappa shape index (κ2) is 5.29. The van der Waals surface area contributed by atoms with Crippen LogP contribution in [-0.2, 0) is 6.42 Å². The van der Waals surface area contributed by atoms with E-state index in [2.05, 4.69) is 64.6 Å². The molecule has 4 rings (SSSR count). The van der Waals surface area contributed by atoms with Gasteiger partial charge in [0.15, 0.2) is 0 Å². The van der Waals surface area contributed by atoms with Crippen molar-refractivity contribution in [3.05, 3.63) is 64.1 Å². The van der Waals surface area contributed by atoms with Gasteiger partial charge in [-0.3, -0.25) is 0 Å². The lowest BCUT2D eigenvalue weighted by Gasteiger charge is -2.06. The molecule has 0 saturated carbocycles. The number of hydrogen-bond acceptors (Lipinski definition) is 2. The van der Waals surface area contributed by atoms with Gasteiger partial charge in [-0.2, -0.15) is 5.10 Å². The minimum Gasteiger partial charge on any atom is -0.369 e. The van der Waals surface area contributed by atoms with E-state index in [1.807, 2.05) is 16.8 Å². The molecule has 1 aliphatic rings. The first kappa shape index (κ1) is 13.6. The van der Waals surface area contributed by atoms with Crippen LogP contribution in [0.2, 0.25) is 0 Å². The van der Waals surface area contributed by atoms with Crippen molar-refractivity contribution < 1.29 is 0 Å². The van der Waals surface area contributed by atoms with E-state index in [-0.39, 0.29) is 0 Å². The van der Waals surface area contributed by atoms with Crippen LogP contribution in [0.15, 0.2) is 53.0 Å². The van der Waals surface area contributed by atoms with Crippen LogP contribution in [0.25, 0.3) is 16.9 Å². The molecule has 0 fully saturated rings. The number of aromatic nitrogens is 2. The van der Waals surface area contributed by atoms with Gasteiger partial charge in [-0.15, -0.1) is 0 Å². The minimum absolute atomic E-state index is 0.975. The molecule has 3 aromatic rings. The highest BCUT2D eigenvalue weighted by Gasteiger charge is 2.23. The largest absolute Gasteiger partial charge is 0.369 e. The van der Waals surface area contributed by atoms with Gasteiger partial charge in [0.25, 0.3) is 0 Å². The van der Waals surface area contributed by atoms with Crippen molar-refractivity contribution in [2.45, 2.75) is 13.3 Å². The molecule has 0 saturated heterocycles. The molecule has 2 heterocycles. The second-order valence-corrected chi connectivity index (χ2v) is 6.52. The molecule has 0 bridgehead atoms. The maximum absolute atomic E-state index is 4.87. The number of nitrogens with zero attached hydrogens (tertiary/aromatic N) is 2. The Hall–Kier alpha value is -2.07. The SMILES string of the molecule is Cc1ccc(-c2nn(-c3ccc(Br)cc3)c3c2CCN3)cc1. The Morgan fingerprint density at radius 2 is 1.77 bits per heavy atom. The Kier molecular flexibility index (Phi) is 3.26. The number of aryl methyl sites for hydroxylation is 1. The smallest absolute Gasteiger partial charge is 0.133 e. The van der Waals surface area contributed by atoms with Crippen molar-refractivity contribution in [2.24, 2.45) is 0 Å². The van der Waals surface area contributed by atoms with E-state index in [1.54, 1.807) is 0 Å². The standard InChI is InChI=1S/C18H16BrN3/c1-12-2-4-13(5-3-12)17-16-10-11-20-18(16)22(21-17)15-8-6-14(19)7-9-15/h2-9,20H,10-11H2,1H3. The lowest BCUT2D eigenvalue weighted by Crippen LogP contribution is -2.04. The molecule has 3 nitrogen and oxygen atoms in total. The third kappa shape index (κ3) is 2.24. The molecule has 0 aliphatic carbocycles. The molecule has 110 valence electrons. The van der Waals surface area contributed by atoms with Gasteiger partial charge in [0, 0.05) is 22.1 Å². The molecule has 0 amide bonds. The number of rotatable bonds is 2. The Bertz CT molecular complexity index is 749. The number of fused-ring (bicyclic) bond motifs is 1. The van der Waals surface area contributed by atoms with E-state index in [0.717, 1.165) is 34.6 Å². The number of benzene rings is 2. The van der Waals surface area contributed by atoms with Crippen molar-refractivity contribution in [3.63, 3.8) is 0 Å². The zero-order chi connectivity index (χ0) is 15.1. The predicted octanol–water partition coefficient (Wildman–Crippen LogP) is 4.58. The van der Waals surface area contributed by atoms with Gasteiger partial charge in [-0.25, -0.2) is 4.68 Å². The highest BCUT2D eigenvalue weighted by Crippen LogP contribution is 2.34. The zero-order valence-electron chi connectivity index (χ0n) is 12.3. The molecule has 0 spiro atoms. The Morgan fingerprint density at radius 3 is 2.50 bits per heavy atom. The molecule has 0 unspecified atom stereocenters. The average Bonchev–Trinajstić information content (AvgIpc) is 3.12. The summed E-state index contributed by atoms with van der Waals surface area (Å²) < 4.78 is 3.09. The van der Waals surface area contributed by atoms with Crippen molar-refractivity contribution in [3.8, 4) is 16.9 Å². The van der Waals surface area contributed by atoms with E-state index < -0.39 is 0 Å². The van der Waals surface area contributed by atoms with Crippen molar-refractivity contribution in [1.29, 1.82) is 0 Å². The van der Waals surface area contributed by atoms with Gasteiger partial charge in [-0.1, -0.05) is 45.8 Å². The summed E-state index contributed by atoms with van der Waals surface area (Å²) in [6.07, 6.45) is 1.02. The fourth-order valence-electron chi connectivity index (χ4n) is 2.89. The van der Waals surface area contributed by atoms with Crippen LogP contribution in [0.4, 0.5) is 5.82 Å². The molecule has 2 aromatic carbocycles. The summed E-state index contributed by atoms with van der Waals surface area (Å²) in [6.45, 7) is 3.08. The second-order valence-electron chi connectivity index (χ2n) is 5.61. The summed E-state index contributed by atoms with van der Waals surface area (Å²) >= 11 is 3.48. The molecular weight excluding hydrogens is 338 g/mol. The summed E-state index contributed by atoms with van der Waals surface area (Å²) in [5.74, 6) is 1.12. The molecule has 22 heavy (non-hydrogen) atoms. The van der Waals surface area contributed by atoms with E-state index >= 15 is 0 Å². The molecule has 4 heteroatoms. The summed E-state index contributed by atoms with van der Waals surface area (Å²) in [5, 5.41) is 8.34. The Balaban J connectivity index is 1.86. The van der Waals surface area contributed by atoms with Gasteiger partial charge in [0.2, 0.25) is 0 Å². The van der Waals surface area contributed by atoms with E-state index in [4.69, 9.17) is 5.10 Å². The number of halogens is 1. The van der Waals surface area contributed by atoms with Crippen LogP contribution in [0.1, 0.15) is 11.1 Å². The van der Waals surface area contributed by atoms with E-state index in [9.17, 15) is 0 Å². The Labute approximate surface area is 138 Å². The maximum atomic E-state index is 4.87. The average molecular weight is 354 g/mol. The molecule has 1 N–H and O–H groups in total. The first-order valence-electron chi connectivity index (χ1n) is 7.41. The number of hydrogen-bond donors (Lipinski definition) is 1. The quantitative estimate of drug-likeness (QED) is 0.730.